The van der Waals surface area contributed by atoms with Gasteiger partial charge in [-0.2, -0.15) is 0 Å². The van der Waals surface area contributed by atoms with Crippen LogP contribution in [0.5, 0.6) is 0 Å². The van der Waals surface area contributed by atoms with E-state index in [2.05, 4.69) is 6.92 Å². The second kappa shape index (κ2) is 4.07. The molecular weight excluding hydrogens is 140 g/mol. The first kappa shape index (κ1) is 9.01. The van der Waals surface area contributed by atoms with Gasteiger partial charge in [0.25, 0.3) is 0 Å². The second-order valence-corrected chi connectivity index (χ2v) is 3.68. The minimum absolute atomic E-state index is 0.171. The lowest BCUT2D eigenvalue weighted by Crippen LogP contribution is -2.17. The van der Waals surface area contributed by atoms with Crippen molar-refractivity contribution >= 4 is 0 Å². The summed E-state index contributed by atoms with van der Waals surface area (Å²) in [5, 5.41) is 9.24. The molecule has 0 spiro atoms. The van der Waals surface area contributed by atoms with E-state index >= 15 is 0 Å². The van der Waals surface area contributed by atoms with Crippen molar-refractivity contribution in [1.29, 1.82) is 0 Å². The standard InChI is InChI=1S/C9H18O2/c1-7(8(2)10)5-9-3-4-11-6-9/h7-10H,3-6H2,1-2H3. The van der Waals surface area contributed by atoms with Crippen LogP contribution in [0, 0.1) is 11.8 Å². The Labute approximate surface area is 68.6 Å². The Balaban J connectivity index is 2.18. The van der Waals surface area contributed by atoms with Crippen molar-refractivity contribution in [1.82, 2.24) is 0 Å². The smallest absolute Gasteiger partial charge is 0.0537 e. The van der Waals surface area contributed by atoms with Gasteiger partial charge in [-0.1, -0.05) is 6.92 Å². The molecule has 0 bridgehead atoms. The Morgan fingerprint density at radius 1 is 1.55 bits per heavy atom. The Bertz CT molecular complexity index is 106. The van der Waals surface area contributed by atoms with Gasteiger partial charge in [-0.3, -0.25) is 0 Å². The number of ether oxygens (including phenoxy) is 1. The van der Waals surface area contributed by atoms with E-state index in [1.165, 1.54) is 6.42 Å². The normalized spacial score (nSPS) is 30.3. The van der Waals surface area contributed by atoms with Gasteiger partial charge in [-0.25, -0.2) is 0 Å². The van der Waals surface area contributed by atoms with Crippen LogP contribution < -0.4 is 0 Å². The summed E-state index contributed by atoms with van der Waals surface area (Å²) in [5.74, 6) is 1.11. The van der Waals surface area contributed by atoms with E-state index in [0.717, 1.165) is 19.6 Å². The minimum atomic E-state index is -0.171. The quantitative estimate of drug-likeness (QED) is 0.673. The van der Waals surface area contributed by atoms with E-state index in [-0.39, 0.29) is 6.10 Å². The summed E-state index contributed by atoms with van der Waals surface area (Å²) >= 11 is 0. The molecule has 0 saturated carbocycles. The first-order chi connectivity index (χ1) is 5.20. The number of hydrogen-bond acceptors (Lipinski definition) is 2. The van der Waals surface area contributed by atoms with Crippen molar-refractivity contribution in [2.45, 2.75) is 32.8 Å². The monoisotopic (exact) mass is 158 g/mol. The largest absolute Gasteiger partial charge is 0.393 e. The molecule has 0 aromatic carbocycles. The zero-order valence-corrected chi connectivity index (χ0v) is 7.42. The molecule has 0 aromatic heterocycles. The fraction of sp³-hybridized carbons (Fsp3) is 1.00. The van der Waals surface area contributed by atoms with Crippen molar-refractivity contribution in [3.63, 3.8) is 0 Å². The average molecular weight is 158 g/mol. The van der Waals surface area contributed by atoms with Crippen molar-refractivity contribution in [2.75, 3.05) is 13.2 Å². The summed E-state index contributed by atoms with van der Waals surface area (Å²) in [5.41, 5.74) is 0. The predicted molar refractivity (Wildman–Crippen MR) is 44.4 cm³/mol. The van der Waals surface area contributed by atoms with E-state index in [1.54, 1.807) is 0 Å². The maximum Gasteiger partial charge on any atom is 0.0537 e. The highest BCUT2D eigenvalue weighted by molar-refractivity contribution is 4.69. The zero-order chi connectivity index (χ0) is 8.27. The van der Waals surface area contributed by atoms with Crippen LogP contribution in [0.25, 0.3) is 0 Å². The Kier molecular flexibility index (Phi) is 3.34. The van der Waals surface area contributed by atoms with E-state index in [4.69, 9.17) is 4.74 Å². The zero-order valence-electron chi connectivity index (χ0n) is 7.42. The molecule has 1 N–H and O–H groups in total. The first-order valence-corrected chi connectivity index (χ1v) is 4.46. The maximum absolute atomic E-state index is 9.24. The Morgan fingerprint density at radius 2 is 2.27 bits per heavy atom. The molecule has 2 nitrogen and oxygen atoms in total. The summed E-state index contributed by atoms with van der Waals surface area (Å²) in [6.45, 7) is 5.78. The molecule has 0 aliphatic carbocycles. The summed E-state index contributed by atoms with van der Waals surface area (Å²) in [7, 11) is 0. The van der Waals surface area contributed by atoms with Gasteiger partial charge in [0, 0.05) is 13.2 Å². The van der Waals surface area contributed by atoms with Crippen molar-refractivity contribution in [2.24, 2.45) is 11.8 Å². The molecule has 0 aromatic rings. The Hall–Kier alpha value is -0.0800. The molecule has 3 atom stereocenters. The van der Waals surface area contributed by atoms with Gasteiger partial charge in [0.2, 0.25) is 0 Å². The molecule has 0 amide bonds. The van der Waals surface area contributed by atoms with E-state index in [1.807, 2.05) is 6.92 Å². The third kappa shape index (κ3) is 2.80. The van der Waals surface area contributed by atoms with Gasteiger partial charge in [-0.05, 0) is 31.6 Å². The molecule has 1 heterocycles. The molecule has 1 aliphatic rings. The fourth-order valence-corrected chi connectivity index (χ4v) is 1.49. The molecule has 1 fully saturated rings. The van der Waals surface area contributed by atoms with Crippen LogP contribution in [0.2, 0.25) is 0 Å². The molecular formula is C9H18O2. The van der Waals surface area contributed by atoms with Crippen LogP contribution in [0.1, 0.15) is 26.7 Å². The highest BCUT2D eigenvalue weighted by atomic mass is 16.5. The summed E-state index contributed by atoms with van der Waals surface area (Å²) < 4.78 is 5.26. The molecule has 11 heavy (non-hydrogen) atoms. The van der Waals surface area contributed by atoms with E-state index in [9.17, 15) is 5.11 Å². The van der Waals surface area contributed by atoms with E-state index in [0.29, 0.717) is 11.8 Å². The van der Waals surface area contributed by atoms with Gasteiger partial charge >= 0.3 is 0 Å². The van der Waals surface area contributed by atoms with Gasteiger partial charge < -0.3 is 9.84 Å². The van der Waals surface area contributed by atoms with Crippen LogP contribution >= 0.6 is 0 Å². The van der Waals surface area contributed by atoms with Crippen molar-refractivity contribution < 1.29 is 9.84 Å². The maximum atomic E-state index is 9.24. The SMILES string of the molecule is CC(O)C(C)CC1CCOC1. The molecule has 1 saturated heterocycles. The third-order valence-corrected chi connectivity index (χ3v) is 2.55. The van der Waals surface area contributed by atoms with Crippen LogP contribution in [0.15, 0.2) is 0 Å². The third-order valence-electron chi connectivity index (χ3n) is 2.55. The molecule has 66 valence electrons. The van der Waals surface area contributed by atoms with Gasteiger partial charge in [0.1, 0.15) is 0 Å². The van der Waals surface area contributed by atoms with E-state index < -0.39 is 0 Å². The highest BCUT2D eigenvalue weighted by Crippen LogP contribution is 2.22. The van der Waals surface area contributed by atoms with Gasteiger partial charge in [0.05, 0.1) is 6.10 Å². The fourth-order valence-electron chi connectivity index (χ4n) is 1.49. The van der Waals surface area contributed by atoms with Crippen LogP contribution in [0.4, 0.5) is 0 Å². The van der Waals surface area contributed by atoms with Gasteiger partial charge in [0.15, 0.2) is 0 Å². The summed E-state index contributed by atoms with van der Waals surface area (Å²) in [6.07, 6.45) is 2.12. The van der Waals surface area contributed by atoms with Crippen LogP contribution in [-0.2, 0) is 4.74 Å². The number of aliphatic hydroxyl groups excluding tert-OH is 1. The van der Waals surface area contributed by atoms with Crippen molar-refractivity contribution in [3.05, 3.63) is 0 Å². The van der Waals surface area contributed by atoms with Crippen LogP contribution in [0.3, 0.4) is 0 Å². The Morgan fingerprint density at radius 3 is 2.73 bits per heavy atom. The molecule has 1 rings (SSSR count). The lowest BCUT2D eigenvalue weighted by atomic mass is 9.92. The lowest BCUT2D eigenvalue weighted by Gasteiger charge is -2.17. The highest BCUT2D eigenvalue weighted by Gasteiger charge is 2.20. The molecule has 1 aliphatic heterocycles. The predicted octanol–water partition coefficient (Wildman–Crippen LogP) is 1.43. The number of hydrogen-bond donors (Lipinski definition) is 1. The second-order valence-electron chi connectivity index (χ2n) is 3.68. The summed E-state index contributed by atoms with van der Waals surface area (Å²) in [6, 6.07) is 0. The minimum Gasteiger partial charge on any atom is -0.393 e. The first-order valence-electron chi connectivity index (χ1n) is 4.46. The van der Waals surface area contributed by atoms with Gasteiger partial charge in [-0.15, -0.1) is 0 Å². The topological polar surface area (TPSA) is 29.5 Å². The number of aliphatic hydroxyl groups is 1. The average Bonchev–Trinajstić information content (AvgIpc) is 2.39. The molecule has 0 radical (unpaired) electrons. The molecule has 3 unspecified atom stereocenters. The van der Waals surface area contributed by atoms with Crippen LogP contribution in [-0.4, -0.2) is 24.4 Å². The number of rotatable bonds is 3. The lowest BCUT2D eigenvalue weighted by molar-refractivity contribution is 0.113. The molecule has 2 heteroatoms. The summed E-state index contributed by atoms with van der Waals surface area (Å²) in [4.78, 5) is 0. The van der Waals surface area contributed by atoms with Crippen molar-refractivity contribution in [3.8, 4) is 0 Å².